The van der Waals surface area contributed by atoms with Gasteiger partial charge in [0.1, 0.15) is 30.3 Å². The van der Waals surface area contributed by atoms with Crippen molar-refractivity contribution in [3.05, 3.63) is 59.3 Å². The van der Waals surface area contributed by atoms with Gasteiger partial charge in [0.15, 0.2) is 5.69 Å². The maximum absolute atomic E-state index is 10.2. The van der Waals surface area contributed by atoms with Gasteiger partial charge in [-0.05, 0) is 23.3 Å². The summed E-state index contributed by atoms with van der Waals surface area (Å²) >= 11 is 0. The fourth-order valence-corrected chi connectivity index (χ4v) is 3.25. The van der Waals surface area contributed by atoms with Crippen molar-refractivity contribution in [3.8, 4) is 23.1 Å². The predicted molar refractivity (Wildman–Crippen MR) is 100.0 cm³/mol. The highest BCUT2D eigenvalue weighted by atomic mass is 16.5. The molecule has 27 heavy (non-hydrogen) atoms. The van der Waals surface area contributed by atoms with Crippen molar-refractivity contribution in [1.82, 2.24) is 15.4 Å². The lowest BCUT2D eigenvalue weighted by atomic mass is 9.85. The molecule has 7 heteroatoms. The van der Waals surface area contributed by atoms with Crippen LogP contribution in [0, 0.1) is 11.3 Å². The Bertz CT molecular complexity index is 1030. The summed E-state index contributed by atoms with van der Waals surface area (Å²) in [6.45, 7) is 4.38. The molecule has 0 amide bonds. The van der Waals surface area contributed by atoms with Gasteiger partial charge in [-0.3, -0.25) is 0 Å². The predicted octanol–water partition coefficient (Wildman–Crippen LogP) is 2.94. The first-order chi connectivity index (χ1) is 13.0. The van der Waals surface area contributed by atoms with E-state index in [0.717, 1.165) is 28.1 Å². The van der Waals surface area contributed by atoms with Gasteiger partial charge in [-0.25, -0.2) is 0 Å². The van der Waals surface area contributed by atoms with Crippen LogP contribution in [0.5, 0.6) is 5.75 Å². The maximum atomic E-state index is 10.2. The van der Waals surface area contributed by atoms with Crippen LogP contribution in [0.25, 0.3) is 11.3 Å². The standard InChI is InChI=1S/C20H19N5O2/c1-20(2)15-7-6-14(9-16(15)22-19(20)26)27-11-12-4-3-5-13(8-12)18-17(10-21)23-25-24-18/h3-9,19,22,26H,11H2,1-2H3,(H,23,24,25). The lowest BCUT2D eigenvalue weighted by Crippen LogP contribution is -2.32. The van der Waals surface area contributed by atoms with Gasteiger partial charge in [-0.15, -0.1) is 5.10 Å². The number of hydrogen-bond donors (Lipinski definition) is 3. The lowest BCUT2D eigenvalue weighted by molar-refractivity contribution is 0.137. The van der Waals surface area contributed by atoms with Crippen molar-refractivity contribution in [1.29, 1.82) is 5.26 Å². The minimum absolute atomic E-state index is 0.263. The average Bonchev–Trinajstić information content (AvgIpc) is 3.23. The Morgan fingerprint density at radius 3 is 2.89 bits per heavy atom. The third kappa shape index (κ3) is 3.00. The monoisotopic (exact) mass is 361 g/mol. The molecule has 1 aliphatic rings. The van der Waals surface area contributed by atoms with E-state index in [0.29, 0.717) is 12.3 Å². The second kappa shape index (κ2) is 6.41. The summed E-state index contributed by atoms with van der Waals surface area (Å²) in [6.07, 6.45) is -0.615. The van der Waals surface area contributed by atoms with Gasteiger partial charge >= 0.3 is 0 Å². The molecule has 3 N–H and O–H groups in total. The Labute approximate surface area is 156 Å². The van der Waals surface area contributed by atoms with Crippen LogP contribution in [0.15, 0.2) is 42.5 Å². The third-order valence-electron chi connectivity index (χ3n) is 4.92. The third-order valence-corrected chi connectivity index (χ3v) is 4.92. The number of aromatic nitrogens is 3. The highest BCUT2D eigenvalue weighted by molar-refractivity contribution is 5.65. The smallest absolute Gasteiger partial charge is 0.190 e. The van der Waals surface area contributed by atoms with Crippen molar-refractivity contribution in [3.63, 3.8) is 0 Å². The Morgan fingerprint density at radius 1 is 1.22 bits per heavy atom. The van der Waals surface area contributed by atoms with Crippen LogP contribution in [0.3, 0.4) is 0 Å². The molecular formula is C20H19N5O2. The molecule has 0 saturated carbocycles. The zero-order valence-electron chi connectivity index (χ0n) is 15.0. The molecule has 136 valence electrons. The number of H-pyrrole nitrogens is 1. The Kier molecular flexibility index (Phi) is 4.05. The van der Waals surface area contributed by atoms with Crippen LogP contribution >= 0.6 is 0 Å². The number of hydrogen-bond acceptors (Lipinski definition) is 6. The second-order valence-corrected chi connectivity index (χ2v) is 7.10. The summed E-state index contributed by atoms with van der Waals surface area (Å²) in [4.78, 5) is 0. The lowest BCUT2D eigenvalue weighted by Gasteiger charge is -2.22. The highest BCUT2D eigenvalue weighted by Crippen LogP contribution is 2.41. The molecule has 2 heterocycles. The molecule has 2 aromatic carbocycles. The summed E-state index contributed by atoms with van der Waals surface area (Å²) in [5.41, 5.74) is 4.17. The number of nitrogens with zero attached hydrogens (tertiary/aromatic N) is 3. The van der Waals surface area contributed by atoms with E-state index in [4.69, 9.17) is 10.00 Å². The molecule has 4 rings (SSSR count). The average molecular weight is 361 g/mol. The number of aliphatic hydroxyl groups excluding tert-OH is 1. The van der Waals surface area contributed by atoms with E-state index in [-0.39, 0.29) is 11.1 Å². The molecule has 0 fully saturated rings. The largest absolute Gasteiger partial charge is 0.489 e. The van der Waals surface area contributed by atoms with Crippen molar-refractivity contribution >= 4 is 5.69 Å². The number of anilines is 1. The first kappa shape index (κ1) is 17.1. The number of benzene rings is 2. The molecule has 0 bridgehead atoms. The Hall–Kier alpha value is -3.37. The molecular weight excluding hydrogens is 342 g/mol. The normalized spacial score (nSPS) is 17.0. The molecule has 0 aliphatic carbocycles. The summed E-state index contributed by atoms with van der Waals surface area (Å²) in [5, 5.41) is 32.7. The number of ether oxygens (including phenoxy) is 1. The number of aromatic amines is 1. The van der Waals surface area contributed by atoms with Crippen LogP contribution in [0.4, 0.5) is 5.69 Å². The van der Waals surface area contributed by atoms with E-state index in [1.807, 2.05) is 62.4 Å². The molecule has 0 saturated heterocycles. The number of nitrogens with one attached hydrogen (secondary N) is 2. The Balaban J connectivity index is 1.51. The molecule has 1 aromatic heterocycles. The summed E-state index contributed by atoms with van der Waals surface area (Å²) in [6, 6.07) is 15.5. The highest BCUT2D eigenvalue weighted by Gasteiger charge is 2.38. The first-order valence-corrected chi connectivity index (χ1v) is 8.61. The summed E-state index contributed by atoms with van der Waals surface area (Å²) in [7, 11) is 0. The van der Waals surface area contributed by atoms with E-state index in [9.17, 15) is 5.11 Å². The fourth-order valence-electron chi connectivity index (χ4n) is 3.25. The van der Waals surface area contributed by atoms with Gasteiger partial charge in [0, 0.05) is 22.7 Å². The van der Waals surface area contributed by atoms with Crippen LogP contribution in [0.1, 0.15) is 30.7 Å². The number of aliphatic hydroxyl groups is 1. The molecule has 0 radical (unpaired) electrons. The van der Waals surface area contributed by atoms with Crippen LogP contribution < -0.4 is 10.1 Å². The minimum atomic E-state index is -0.615. The maximum Gasteiger partial charge on any atom is 0.190 e. The fraction of sp³-hybridized carbons (Fsp3) is 0.250. The van der Waals surface area contributed by atoms with E-state index < -0.39 is 6.23 Å². The van der Waals surface area contributed by atoms with E-state index in [1.54, 1.807) is 0 Å². The number of fused-ring (bicyclic) bond motifs is 1. The van der Waals surface area contributed by atoms with E-state index in [1.165, 1.54) is 0 Å². The van der Waals surface area contributed by atoms with Crippen LogP contribution in [0.2, 0.25) is 0 Å². The van der Waals surface area contributed by atoms with Gasteiger partial charge in [0.25, 0.3) is 0 Å². The topological polar surface area (TPSA) is 107 Å². The number of nitriles is 1. The van der Waals surface area contributed by atoms with Crippen LogP contribution in [-0.2, 0) is 12.0 Å². The van der Waals surface area contributed by atoms with Crippen molar-refractivity contribution in [2.75, 3.05) is 5.32 Å². The van der Waals surface area contributed by atoms with Crippen molar-refractivity contribution < 1.29 is 9.84 Å². The zero-order valence-corrected chi connectivity index (χ0v) is 15.0. The second-order valence-electron chi connectivity index (χ2n) is 7.10. The van der Waals surface area contributed by atoms with E-state index in [2.05, 4.69) is 20.7 Å². The summed E-state index contributed by atoms with van der Waals surface area (Å²) in [5.74, 6) is 0.718. The molecule has 3 aromatic rings. The Morgan fingerprint density at radius 2 is 2.07 bits per heavy atom. The van der Waals surface area contributed by atoms with Gasteiger partial charge in [0.2, 0.25) is 0 Å². The molecule has 1 aliphatic heterocycles. The van der Waals surface area contributed by atoms with Gasteiger partial charge in [-0.1, -0.05) is 38.1 Å². The van der Waals surface area contributed by atoms with Gasteiger partial charge < -0.3 is 15.2 Å². The van der Waals surface area contributed by atoms with Crippen LogP contribution in [-0.4, -0.2) is 26.7 Å². The molecule has 1 atom stereocenters. The zero-order chi connectivity index (χ0) is 19.0. The van der Waals surface area contributed by atoms with Gasteiger partial charge in [0.05, 0.1) is 0 Å². The SMILES string of the molecule is CC1(C)c2ccc(OCc3cccc(-c4n[nH]nc4C#N)c3)cc2NC1O. The quantitative estimate of drug-likeness (QED) is 0.659. The summed E-state index contributed by atoms with van der Waals surface area (Å²) < 4.78 is 5.92. The first-order valence-electron chi connectivity index (χ1n) is 8.61. The van der Waals surface area contributed by atoms with Crippen molar-refractivity contribution in [2.45, 2.75) is 32.1 Å². The van der Waals surface area contributed by atoms with Crippen molar-refractivity contribution in [2.24, 2.45) is 0 Å². The number of rotatable bonds is 4. The molecule has 0 spiro atoms. The van der Waals surface area contributed by atoms with E-state index >= 15 is 0 Å². The minimum Gasteiger partial charge on any atom is -0.489 e. The van der Waals surface area contributed by atoms with Gasteiger partial charge in [-0.2, -0.15) is 15.6 Å². The molecule has 1 unspecified atom stereocenters. The molecule has 7 nitrogen and oxygen atoms in total.